The van der Waals surface area contributed by atoms with Crippen LogP contribution in [0.1, 0.15) is 79.7 Å². The van der Waals surface area contributed by atoms with Crippen LogP contribution in [0.3, 0.4) is 0 Å². The van der Waals surface area contributed by atoms with Crippen molar-refractivity contribution >= 4 is 62.8 Å². The largest absolute Gasteiger partial charge is 1.00 e. The average molecular weight is 988 g/mol. The number of alkyl halides is 6. The van der Waals surface area contributed by atoms with Crippen molar-refractivity contribution in [2.24, 2.45) is 0 Å². The van der Waals surface area contributed by atoms with Crippen molar-refractivity contribution in [2.45, 2.75) is 53.9 Å². The molecule has 0 saturated heterocycles. The van der Waals surface area contributed by atoms with Gasteiger partial charge in [-0.3, -0.25) is 14.2 Å². The number of benzene rings is 2. The van der Waals surface area contributed by atoms with Crippen LogP contribution in [0, 0.1) is 13.8 Å². The molecule has 0 amide bonds. The van der Waals surface area contributed by atoms with Crippen molar-refractivity contribution in [3.05, 3.63) is 97.2 Å². The van der Waals surface area contributed by atoms with E-state index in [1.54, 1.807) is 27.7 Å². The zero-order chi connectivity index (χ0) is 43.1. The minimum atomic E-state index is -4.54. The molecule has 0 unspecified atom stereocenters. The molecule has 58 heavy (non-hydrogen) atoms. The first kappa shape index (κ1) is 52.8. The first-order valence-electron chi connectivity index (χ1n) is 16.4. The number of carbonyl (C=O) groups excluding carboxylic acids is 3. The average Bonchev–Trinajstić information content (AvgIpc) is 3.74. The molecule has 4 rings (SSSR count). The van der Waals surface area contributed by atoms with Crippen LogP contribution in [0.2, 0.25) is 0 Å². The number of carbonyl (C=O) groups is 3. The minimum absolute atomic E-state index is 0. The van der Waals surface area contributed by atoms with E-state index in [1.807, 2.05) is 0 Å². The Balaban J connectivity index is 0.000000872. The van der Waals surface area contributed by atoms with Gasteiger partial charge >= 0.3 is 61.4 Å². The van der Waals surface area contributed by atoms with Gasteiger partial charge in [-0.1, -0.05) is 31.9 Å². The second kappa shape index (κ2) is 24.1. The number of nitrogens with zero attached hydrogens (tertiary/aromatic N) is 4. The molecule has 0 spiro atoms. The fourth-order valence-corrected chi connectivity index (χ4v) is 6.61. The van der Waals surface area contributed by atoms with Crippen molar-refractivity contribution in [2.75, 3.05) is 32.6 Å². The SMILES string of the molecule is CCOC(=O)/C=C(/c1cc(Br)cc(C(F)(F)F)c1)c1nnc(C)o1.CCOC(=O)CP(=O)(OCC)OCC.Cc1nnc(C(=O)c2cc(Br)cc(C(F)(F)F)c2)o1.[H-].[Na+]. The monoisotopic (exact) mass is 986 g/mol. The van der Waals surface area contributed by atoms with E-state index in [0.717, 1.165) is 30.3 Å². The number of ketones is 1. The van der Waals surface area contributed by atoms with Gasteiger partial charge in [0.15, 0.2) is 0 Å². The molecule has 2 aromatic carbocycles. The fourth-order valence-electron chi connectivity index (χ4n) is 4.17. The molecule has 0 aliphatic heterocycles. The Morgan fingerprint density at radius 3 is 1.57 bits per heavy atom. The molecule has 0 bridgehead atoms. The first-order chi connectivity index (χ1) is 26.5. The molecule has 0 atom stereocenters. The van der Waals surface area contributed by atoms with E-state index in [1.165, 1.54) is 26.0 Å². The van der Waals surface area contributed by atoms with E-state index in [2.05, 4.69) is 57.0 Å². The number of hydrogen-bond acceptors (Lipinski definition) is 14. The normalized spacial score (nSPS) is 11.7. The Kier molecular flexibility index (Phi) is 22.0. The molecule has 0 aliphatic carbocycles. The predicted molar refractivity (Wildman–Crippen MR) is 197 cm³/mol. The quantitative estimate of drug-likeness (QED) is 0.0355. The van der Waals surface area contributed by atoms with Gasteiger partial charge < -0.3 is 28.8 Å². The van der Waals surface area contributed by atoms with E-state index >= 15 is 0 Å². The third-order valence-corrected chi connectivity index (χ3v) is 9.19. The van der Waals surface area contributed by atoms with Crippen molar-refractivity contribution in [1.29, 1.82) is 0 Å². The van der Waals surface area contributed by atoms with Gasteiger partial charge in [0.2, 0.25) is 23.5 Å². The molecule has 24 heteroatoms. The number of aryl methyl sites for hydroxylation is 2. The molecular formula is C34H36Br2F6N4NaO10P. The summed E-state index contributed by atoms with van der Waals surface area (Å²) in [5.41, 5.74) is -1.85. The number of esters is 2. The van der Waals surface area contributed by atoms with Crippen molar-refractivity contribution in [3.63, 3.8) is 0 Å². The number of rotatable bonds is 13. The van der Waals surface area contributed by atoms with Crippen molar-refractivity contribution in [1.82, 2.24) is 20.4 Å². The van der Waals surface area contributed by atoms with Gasteiger partial charge in [-0.15, -0.1) is 20.4 Å². The van der Waals surface area contributed by atoms with E-state index in [9.17, 15) is 45.3 Å². The number of hydrogen-bond donors (Lipinski definition) is 0. The summed E-state index contributed by atoms with van der Waals surface area (Å²) in [5.74, 6) is -2.09. The number of aromatic nitrogens is 4. The van der Waals surface area contributed by atoms with Crippen LogP contribution in [0.4, 0.5) is 26.3 Å². The second-order valence-electron chi connectivity index (χ2n) is 10.8. The molecule has 314 valence electrons. The summed E-state index contributed by atoms with van der Waals surface area (Å²) in [5, 5.41) is 14.3. The molecule has 0 radical (unpaired) electrons. The van der Waals surface area contributed by atoms with Crippen LogP contribution in [0.5, 0.6) is 0 Å². The Morgan fingerprint density at radius 2 is 1.16 bits per heavy atom. The van der Waals surface area contributed by atoms with Crippen molar-refractivity contribution in [3.8, 4) is 0 Å². The van der Waals surface area contributed by atoms with E-state index < -0.39 is 48.8 Å². The molecule has 2 aromatic heterocycles. The fraction of sp³-hybridized carbons (Fsp3) is 0.382. The Morgan fingerprint density at radius 1 is 0.707 bits per heavy atom. The van der Waals surface area contributed by atoms with Crippen LogP contribution in [0.15, 0.2) is 60.3 Å². The van der Waals surface area contributed by atoms with E-state index in [0.29, 0.717) is 0 Å². The molecule has 0 fully saturated rings. The third-order valence-electron chi connectivity index (χ3n) is 6.33. The van der Waals surface area contributed by atoms with Crippen LogP contribution < -0.4 is 29.6 Å². The zero-order valence-electron chi connectivity index (χ0n) is 32.9. The summed E-state index contributed by atoms with van der Waals surface area (Å²) in [4.78, 5) is 34.7. The van der Waals surface area contributed by atoms with Gasteiger partial charge in [0.25, 0.3) is 5.89 Å². The molecule has 0 aliphatic rings. The van der Waals surface area contributed by atoms with Crippen LogP contribution in [0.25, 0.3) is 5.57 Å². The molecule has 14 nitrogen and oxygen atoms in total. The summed E-state index contributed by atoms with van der Waals surface area (Å²) in [6.07, 6.45) is -8.37. The van der Waals surface area contributed by atoms with Crippen LogP contribution in [-0.2, 0) is 45.0 Å². The topological polar surface area (TPSA) is 183 Å². The Hall–Kier alpha value is -3.24. The van der Waals surface area contributed by atoms with Crippen molar-refractivity contribution < 1.29 is 104 Å². The molecule has 4 aromatic rings. The first-order valence-corrected chi connectivity index (χ1v) is 19.7. The minimum Gasteiger partial charge on any atom is -1.00 e. The Bertz CT molecular complexity index is 2080. The number of ether oxygens (including phenoxy) is 2. The maximum atomic E-state index is 13.0. The predicted octanol–water partition coefficient (Wildman–Crippen LogP) is 6.48. The Labute approximate surface area is 368 Å². The second-order valence-corrected chi connectivity index (χ2v) is 14.6. The van der Waals surface area contributed by atoms with Gasteiger partial charge in [-0.25, -0.2) is 4.79 Å². The molecule has 0 N–H and O–H groups in total. The van der Waals surface area contributed by atoms with Gasteiger partial charge in [-0.2, -0.15) is 26.3 Å². The maximum absolute atomic E-state index is 13.0. The van der Waals surface area contributed by atoms with Gasteiger partial charge in [0.05, 0.1) is 43.1 Å². The van der Waals surface area contributed by atoms with Crippen LogP contribution >= 0.6 is 39.5 Å². The van der Waals surface area contributed by atoms with Gasteiger partial charge in [0.1, 0.15) is 6.16 Å². The summed E-state index contributed by atoms with van der Waals surface area (Å²) in [7, 11) is -3.28. The summed E-state index contributed by atoms with van der Waals surface area (Å²) in [6, 6.07) is 6.14. The molecular weight excluding hydrogens is 952 g/mol. The summed E-state index contributed by atoms with van der Waals surface area (Å²) in [6.45, 7) is 10.6. The van der Waals surface area contributed by atoms with Gasteiger partial charge in [-0.05, 0) is 69.7 Å². The standard InChI is InChI=1S/C15H12BrF3N2O3.C11H6BrF3N2O2.C8H17O5P.Na.H/c1-3-23-13(22)7-12(14-21-20-8(2)24-14)9-4-10(15(17,18)19)6-11(16)5-9;1-5-16-17-10(19-5)9(18)6-2-7(11(13,14)15)4-8(12)3-6;1-4-11-8(9)7-14(10,12-5-2)13-6-3;;/h4-7H,3H2,1-2H3;2-4H,1H3;4-7H2,1-3H3;;/q;;;+1;-1/b12-7-;;;;. The molecule has 0 saturated carbocycles. The van der Waals surface area contributed by atoms with Crippen LogP contribution in [-0.4, -0.2) is 70.7 Å². The number of halogens is 8. The van der Waals surface area contributed by atoms with Gasteiger partial charge in [0, 0.05) is 34.4 Å². The smallest absolute Gasteiger partial charge is 1.00 e. The third kappa shape index (κ3) is 17.5. The zero-order valence-corrected chi connectivity index (χ0v) is 38.0. The summed E-state index contributed by atoms with van der Waals surface area (Å²) >= 11 is 5.97. The van der Waals surface area contributed by atoms with E-state index in [-0.39, 0.29) is 113 Å². The molecule has 2 heterocycles. The summed E-state index contributed by atoms with van der Waals surface area (Å²) < 4.78 is 118. The maximum Gasteiger partial charge on any atom is 1.00 e. The van der Waals surface area contributed by atoms with E-state index in [4.69, 9.17) is 22.6 Å².